The van der Waals surface area contributed by atoms with Crippen LogP contribution in [0.2, 0.25) is 10.0 Å². The minimum Gasteiger partial charge on any atom is -0.495 e. The van der Waals surface area contributed by atoms with Crippen molar-refractivity contribution in [2.75, 3.05) is 20.3 Å². The maximum atomic E-state index is 13.4. The Kier molecular flexibility index (Phi) is 8.64. The lowest BCUT2D eigenvalue weighted by atomic mass is 10.2. The third kappa shape index (κ3) is 6.34. The topological polar surface area (TPSA) is 82.4 Å². The summed E-state index contributed by atoms with van der Waals surface area (Å²) in [5.74, 6) is 2.22. The maximum Gasteiger partial charge on any atom is 0.260 e. The number of ether oxygens (including phenoxy) is 2. The van der Waals surface area contributed by atoms with E-state index >= 15 is 0 Å². The molecular weight excluding hydrogens is 537 g/mol. The van der Waals surface area contributed by atoms with Gasteiger partial charge in [-0.3, -0.25) is 9.78 Å². The van der Waals surface area contributed by atoms with Gasteiger partial charge in [-0.15, -0.1) is 0 Å². The molecule has 39 heavy (non-hydrogen) atoms. The number of carbonyl (C=O) groups is 1. The molecule has 1 fully saturated rings. The Hall–Kier alpha value is -3.62. The van der Waals surface area contributed by atoms with Crippen LogP contribution in [0, 0.1) is 0 Å². The van der Waals surface area contributed by atoms with Crippen LogP contribution in [0.5, 0.6) is 11.5 Å². The summed E-state index contributed by atoms with van der Waals surface area (Å²) in [5.41, 5.74) is 1.65. The van der Waals surface area contributed by atoms with Crippen molar-refractivity contribution in [1.82, 2.24) is 24.6 Å². The number of hydrogen-bond donors (Lipinski definition) is 0. The fourth-order valence-corrected chi connectivity index (χ4v) is 5.30. The Morgan fingerprint density at radius 1 is 1.00 bits per heavy atom. The standard InChI is InChI=1S/C29H29Cl2N5O3/c1-38-25-11-10-21(18-24(25)31)29-33-28(20-12-14-32-15-13-20)34-36(29)17-16-35(22-6-2-3-7-22)27(37)19-39-26-9-5-4-8-23(26)30/h4-5,8-15,18,22H,2-3,6-7,16-17,19H2,1H3. The van der Waals surface area contributed by atoms with Crippen LogP contribution in [0.15, 0.2) is 67.0 Å². The number of methoxy groups -OCH3 is 1. The van der Waals surface area contributed by atoms with E-state index in [0.29, 0.717) is 46.3 Å². The quantitative estimate of drug-likeness (QED) is 0.228. The first-order chi connectivity index (χ1) is 19.0. The van der Waals surface area contributed by atoms with E-state index in [1.54, 1.807) is 31.6 Å². The van der Waals surface area contributed by atoms with Crippen molar-refractivity contribution < 1.29 is 14.3 Å². The summed E-state index contributed by atoms with van der Waals surface area (Å²) in [6.45, 7) is 0.831. The maximum absolute atomic E-state index is 13.4. The van der Waals surface area contributed by atoms with Crippen LogP contribution >= 0.6 is 23.2 Å². The number of hydrogen-bond acceptors (Lipinski definition) is 6. The number of para-hydroxylation sites is 1. The zero-order valence-electron chi connectivity index (χ0n) is 21.6. The summed E-state index contributed by atoms with van der Waals surface area (Å²) in [6, 6.07) is 16.6. The smallest absolute Gasteiger partial charge is 0.260 e. The first-order valence-electron chi connectivity index (χ1n) is 12.9. The summed E-state index contributed by atoms with van der Waals surface area (Å²) >= 11 is 12.7. The lowest BCUT2D eigenvalue weighted by molar-refractivity contribution is -0.135. The molecule has 0 saturated heterocycles. The van der Waals surface area contributed by atoms with Gasteiger partial charge in [-0.2, -0.15) is 5.10 Å². The summed E-state index contributed by atoms with van der Waals surface area (Å²) in [6.07, 6.45) is 7.56. The second-order valence-electron chi connectivity index (χ2n) is 9.31. The average molecular weight is 566 g/mol. The van der Waals surface area contributed by atoms with Gasteiger partial charge in [-0.25, -0.2) is 9.67 Å². The van der Waals surface area contributed by atoms with Crippen molar-refractivity contribution in [3.8, 4) is 34.3 Å². The van der Waals surface area contributed by atoms with Crippen molar-refractivity contribution in [1.29, 1.82) is 0 Å². The molecule has 0 N–H and O–H groups in total. The molecule has 4 aromatic rings. The van der Waals surface area contributed by atoms with Crippen LogP contribution in [0.4, 0.5) is 0 Å². The first-order valence-corrected chi connectivity index (χ1v) is 13.6. The fraction of sp³-hybridized carbons (Fsp3) is 0.310. The van der Waals surface area contributed by atoms with E-state index in [-0.39, 0.29) is 18.6 Å². The molecule has 1 aliphatic carbocycles. The minimum atomic E-state index is -0.0825. The van der Waals surface area contributed by atoms with Crippen LogP contribution in [-0.2, 0) is 11.3 Å². The Balaban J connectivity index is 1.40. The molecule has 0 atom stereocenters. The van der Waals surface area contributed by atoms with Gasteiger partial charge in [0.05, 0.1) is 23.7 Å². The van der Waals surface area contributed by atoms with E-state index in [2.05, 4.69) is 4.98 Å². The Morgan fingerprint density at radius 3 is 2.49 bits per heavy atom. The molecule has 0 bridgehead atoms. The van der Waals surface area contributed by atoms with Gasteiger partial charge in [0.1, 0.15) is 11.5 Å². The molecular formula is C29H29Cl2N5O3. The Labute approximate surface area is 237 Å². The van der Waals surface area contributed by atoms with E-state index < -0.39 is 0 Å². The van der Waals surface area contributed by atoms with Crippen molar-refractivity contribution in [2.24, 2.45) is 0 Å². The molecule has 2 aromatic carbocycles. The van der Waals surface area contributed by atoms with Crippen molar-refractivity contribution >= 4 is 29.1 Å². The van der Waals surface area contributed by atoms with Crippen LogP contribution in [0.25, 0.3) is 22.8 Å². The van der Waals surface area contributed by atoms with E-state index in [1.165, 1.54) is 0 Å². The number of benzene rings is 2. The van der Waals surface area contributed by atoms with Gasteiger partial charge < -0.3 is 14.4 Å². The highest BCUT2D eigenvalue weighted by Gasteiger charge is 2.27. The predicted molar refractivity (Wildman–Crippen MR) is 151 cm³/mol. The molecule has 5 rings (SSSR count). The highest BCUT2D eigenvalue weighted by molar-refractivity contribution is 6.32. The van der Waals surface area contributed by atoms with E-state index in [4.69, 9.17) is 42.8 Å². The number of halogens is 2. The van der Waals surface area contributed by atoms with Crippen LogP contribution in [0.1, 0.15) is 25.7 Å². The fourth-order valence-electron chi connectivity index (χ4n) is 4.85. The molecule has 10 heteroatoms. The zero-order valence-corrected chi connectivity index (χ0v) is 23.1. The van der Waals surface area contributed by atoms with Gasteiger partial charge in [0.25, 0.3) is 5.91 Å². The van der Waals surface area contributed by atoms with Gasteiger partial charge >= 0.3 is 0 Å². The predicted octanol–water partition coefficient (Wildman–Crippen LogP) is 6.17. The third-order valence-corrected chi connectivity index (χ3v) is 7.45. The summed E-state index contributed by atoms with van der Waals surface area (Å²) in [5, 5.41) is 5.77. The number of amides is 1. The van der Waals surface area contributed by atoms with Gasteiger partial charge in [-0.1, -0.05) is 48.2 Å². The molecule has 0 unspecified atom stereocenters. The first kappa shape index (κ1) is 27.0. The minimum absolute atomic E-state index is 0.0784. The van der Waals surface area contributed by atoms with Crippen LogP contribution < -0.4 is 9.47 Å². The van der Waals surface area contributed by atoms with Gasteiger partial charge in [0.15, 0.2) is 18.3 Å². The largest absolute Gasteiger partial charge is 0.495 e. The SMILES string of the molecule is COc1ccc(-c2nc(-c3ccncc3)nn2CCN(C(=O)COc2ccccc2Cl)C2CCCC2)cc1Cl. The molecule has 2 aromatic heterocycles. The average Bonchev–Trinajstić information content (AvgIpc) is 3.64. The number of pyridine rings is 1. The molecule has 0 radical (unpaired) electrons. The number of carbonyl (C=O) groups excluding carboxylic acids is 1. The molecule has 0 spiro atoms. The number of rotatable bonds is 10. The van der Waals surface area contributed by atoms with Crippen molar-refractivity contribution in [3.63, 3.8) is 0 Å². The normalized spacial score (nSPS) is 13.4. The summed E-state index contributed by atoms with van der Waals surface area (Å²) < 4.78 is 12.9. The van der Waals surface area contributed by atoms with Crippen molar-refractivity contribution in [2.45, 2.75) is 38.3 Å². The van der Waals surface area contributed by atoms with E-state index in [1.807, 2.05) is 52.0 Å². The second-order valence-corrected chi connectivity index (χ2v) is 10.1. The zero-order chi connectivity index (χ0) is 27.2. The Bertz CT molecular complexity index is 1420. The van der Waals surface area contributed by atoms with E-state index in [9.17, 15) is 4.79 Å². The molecule has 1 aliphatic rings. The van der Waals surface area contributed by atoms with Crippen LogP contribution in [0.3, 0.4) is 0 Å². The number of nitrogens with zero attached hydrogens (tertiary/aromatic N) is 5. The summed E-state index contributed by atoms with van der Waals surface area (Å²) in [4.78, 5) is 24.3. The molecule has 1 amide bonds. The summed E-state index contributed by atoms with van der Waals surface area (Å²) in [7, 11) is 1.58. The van der Waals surface area contributed by atoms with Crippen LogP contribution in [-0.4, -0.2) is 56.9 Å². The molecule has 2 heterocycles. The lowest BCUT2D eigenvalue weighted by Crippen LogP contribution is -2.43. The van der Waals surface area contributed by atoms with Gasteiger partial charge in [0.2, 0.25) is 0 Å². The van der Waals surface area contributed by atoms with Crippen molar-refractivity contribution in [3.05, 3.63) is 77.0 Å². The monoisotopic (exact) mass is 565 g/mol. The van der Waals surface area contributed by atoms with Gasteiger partial charge in [-0.05, 0) is 55.3 Å². The second kappa shape index (κ2) is 12.5. The lowest BCUT2D eigenvalue weighted by Gasteiger charge is -2.29. The molecule has 8 nitrogen and oxygen atoms in total. The third-order valence-electron chi connectivity index (χ3n) is 6.85. The molecule has 0 aliphatic heterocycles. The highest BCUT2D eigenvalue weighted by atomic mass is 35.5. The molecule has 202 valence electrons. The highest BCUT2D eigenvalue weighted by Crippen LogP contribution is 2.31. The van der Waals surface area contributed by atoms with E-state index in [0.717, 1.165) is 36.8 Å². The Morgan fingerprint density at radius 2 is 1.77 bits per heavy atom. The number of aromatic nitrogens is 4. The molecule has 1 saturated carbocycles. The van der Waals surface area contributed by atoms with Gasteiger partial charge in [0, 0.05) is 36.1 Å².